The second-order valence-corrected chi connectivity index (χ2v) is 5.58. The number of hydrogen-bond acceptors (Lipinski definition) is 5. The van der Waals surface area contributed by atoms with E-state index in [1.807, 2.05) is 20.8 Å². The van der Waals surface area contributed by atoms with Crippen LogP contribution in [0.1, 0.15) is 26.5 Å². The van der Waals surface area contributed by atoms with Gasteiger partial charge in [-0.15, -0.1) is 11.3 Å². The Morgan fingerprint density at radius 1 is 1.44 bits per heavy atom. The van der Waals surface area contributed by atoms with Gasteiger partial charge in [-0.05, 0) is 20.8 Å². The summed E-state index contributed by atoms with van der Waals surface area (Å²) in [5.74, 6) is -0.356. The molecule has 2 amide bonds. The normalized spacial score (nSPS) is 10.9. The molecule has 0 aliphatic carbocycles. The van der Waals surface area contributed by atoms with E-state index in [9.17, 15) is 9.59 Å². The van der Waals surface area contributed by atoms with Gasteiger partial charge in [0.25, 0.3) is 0 Å². The molecule has 0 unspecified atom stereocenters. The topological polar surface area (TPSA) is 80.3 Å². The average Bonchev–Trinajstić information content (AvgIpc) is 2.62. The van der Waals surface area contributed by atoms with Crippen LogP contribution in [0, 0.1) is 0 Å². The largest absolute Gasteiger partial charge is 0.469 e. The number of nitrogens with zero attached hydrogens (tertiary/aromatic N) is 1. The number of thiazole rings is 1. The Morgan fingerprint density at radius 2 is 2.11 bits per heavy atom. The number of methoxy groups -OCH3 is 1. The third-order valence-corrected chi connectivity index (χ3v) is 2.62. The Bertz CT molecular complexity index is 437. The molecule has 6 nitrogen and oxygen atoms in total. The maximum absolute atomic E-state index is 11.6. The molecule has 0 radical (unpaired) electrons. The second-order valence-electron chi connectivity index (χ2n) is 4.73. The van der Waals surface area contributed by atoms with Crippen LogP contribution in [0.3, 0.4) is 0 Å². The van der Waals surface area contributed by atoms with Crippen molar-refractivity contribution in [1.82, 2.24) is 10.3 Å². The lowest BCUT2D eigenvalue weighted by Gasteiger charge is -2.20. The van der Waals surface area contributed by atoms with E-state index in [1.165, 1.54) is 18.4 Å². The SMILES string of the molecule is COC(=O)Cc1csc(NC(=O)NC(C)(C)C)n1. The fourth-order valence-electron chi connectivity index (χ4n) is 1.13. The molecular formula is C11H17N3O3S. The summed E-state index contributed by atoms with van der Waals surface area (Å²) >= 11 is 1.27. The average molecular weight is 271 g/mol. The molecule has 0 spiro atoms. The zero-order chi connectivity index (χ0) is 13.8. The zero-order valence-electron chi connectivity index (χ0n) is 10.9. The van der Waals surface area contributed by atoms with Gasteiger partial charge in [0.15, 0.2) is 5.13 Å². The first-order valence-electron chi connectivity index (χ1n) is 5.40. The molecule has 0 fully saturated rings. The maximum atomic E-state index is 11.6. The second kappa shape index (κ2) is 5.81. The van der Waals surface area contributed by atoms with E-state index in [2.05, 4.69) is 20.4 Å². The number of ether oxygens (including phenoxy) is 1. The van der Waals surface area contributed by atoms with Crippen LogP contribution in [0.4, 0.5) is 9.93 Å². The summed E-state index contributed by atoms with van der Waals surface area (Å²) in [4.78, 5) is 26.7. The number of rotatable bonds is 3. The third-order valence-electron chi connectivity index (χ3n) is 1.81. The highest BCUT2D eigenvalue weighted by Crippen LogP contribution is 2.16. The van der Waals surface area contributed by atoms with E-state index in [-0.39, 0.29) is 24.0 Å². The minimum atomic E-state index is -0.356. The Hall–Kier alpha value is -1.63. The third kappa shape index (κ3) is 5.13. The van der Waals surface area contributed by atoms with Crippen LogP contribution in [-0.2, 0) is 16.0 Å². The number of hydrogen-bond donors (Lipinski definition) is 2. The van der Waals surface area contributed by atoms with Gasteiger partial charge in [0.1, 0.15) is 0 Å². The number of amides is 2. The molecule has 0 bridgehead atoms. The van der Waals surface area contributed by atoms with Crippen LogP contribution < -0.4 is 10.6 Å². The number of carbonyl (C=O) groups excluding carboxylic acids is 2. The molecule has 2 N–H and O–H groups in total. The highest BCUT2D eigenvalue weighted by molar-refractivity contribution is 7.13. The van der Waals surface area contributed by atoms with E-state index < -0.39 is 0 Å². The summed E-state index contributed by atoms with van der Waals surface area (Å²) in [5, 5.41) is 7.54. The van der Waals surface area contributed by atoms with Gasteiger partial charge in [-0.3, -0.25) is 10.1 Å². The van der Waals surface area contributed by atoms with E-state index in [4.69, 9.17) is 0 Å². The van der Waals surface area contributed by atoms with Crippen LogP contribution >= 0.6 is 11.3 Å². The molecule has 1 rings (SSSR count). The molecule has 1 aromatic heterocycles. The summed E-state index contributed by atoms with van der Waals surface area (Å²) in [5.41, 5.74) is 0.272. The lowest BCUT2D eigenvalue weighted by atomic mass is 10.1. The highest BCUT2D eigenvalue weighted by atomic mass is 32.1. The Kier molecular flexibility index (Phi) is 4.66. The number of esters is 1. The van der Waals surface area contributed by atoms with E-state index >= 15 is 0 Å². The quantitative estimate of drug-likeness (QED) is 0.821. The molecule has 0 atom stereocenters. The van der Waals surface area contributed by atoms with Crippen molar-refractivity contribution in [2.75, 3.05) is 12.4 Å². The van der Waals surface area contributed by atoms with Gasteiger partial charge >= 0.3 is 12.0 Å². The molecule has 1 heterocycles. The van der Waals surface area contributed by atoms with Gasteiger partial charge in [0.05, 0.1) is 19.2 Å². The Balaban J connectivity index is 2.54. The van der Waals surface area contributed by atoms with E-state index in [1.54, 1.807) is 5.38 Å². The van der Waals surface area contributed by atoms with Crippen molar-refractivity contribution in [2.45, 2.75) is 32.7 Å². The highest BCUT2D eigenvalue weighted by Gasteiger charge is 2.15. The van der Waals surface area contributed by atoms with Gasteiger partial charge in [0.2, 0.25) is 0 Å². The molecule has 0 saturated heterocycles. The minimum Gasteiger partial charge on any atom is -0.469 e. The molecule has 7 heteroatoms. The molecule has 0 aliphatic rings. The molecule has 0 aromatic carbocycles. The number of aromatic nitrogens is 1. The minimum absolute atomic E-state index is 0.107. The fourth-order valence-corrected chi connectivity index (χ4v) is 1.84. The molecule has 18 heavy (non-hydrogen) atoms. The first kappa shape index (κ1) is 14.4. The first-order chi connectivity index (χ1) is 8.30. The number of carbonyl (C=O) groups is 2. The Labute approximate surface area is 110 Å². The van der Waals surface area contributed by atoms with Gasteiger partial charge in [-0.1, -0.05) is 0 Å². The van der Waals surface area contributed by atoms with Crippen LogP contribution in [0.15, 0.2) is 5.38 Å². The standard InChI is InChI=1S/C11H17N3O3S/c1-11(2,3)14-9(16)13-10-12-7(6-18-10)5-8(15)17-4/h6H,5H2,1-4H3,(H2,12,13,14,16). The zero-order valence-corrected chi connectivity index (χ0v) is 11.7. The molecular weight excluding hydrogens is 254 g/mol. The number of anilines is 1. The number of nitrogens with one attached hydrogen (secondary N) is 2. The summed E-state index contributed by atoms with van der Waals surface area (Å²) in [6, 6.07) is -0.318. The van der Waals surface area contributed by atoms with E-state index in [0.29, 0.717) is 10.8 Å². The summed E-state index contributed by atoms with van der Waals surface area (Å²) in [6.07, 6.45) is 0.107. The van der Waals surface area contributed by atoms with Gasteiger partial charge < -0.3 is 10.1 Å². The lowest BCUT2D eigenvalue weighted by molar-refractivity contribution is -0.139. The fraction of sp³-hybridized carbons (Fsp3) is 0.545. The first-order valence-corrected chi connectivity index (χ1v) is 6.28. The van der Waals surface area contributed by atoms with Crippen molar-refractivity contribution in [2.24, 2.45) is 0 Å². The Morgan fingerprint density at radius 3 is 2.67 bits per heavy atom. The van der Waals surface area contributed by atoms with Crippen LogP contribution in [0.25, 0.3) is 0 Å². The predicted octanol–water partition coefficient (Wildman–Crippen LogP) is 1.78. The monoisotopic (exact) mass is 271 g/mol. The summed E-state index contributed by atoms with van der Waals surface area (Å²) < 4.78 is 4.54. The van der Waals surface area contributed by atoms with Crippen molar-refractivity contribution in [3.63, 3.8) is 0 Å². The predicted molar refractivity (Wildman–Crippen MR) is 69.7 cm³/mol. The van der Waals surface area contributed by atoms with Crippen LogP contribution in [0.2, 0.25) is 0 Å². The maximum Gasteiger partial charge on any atom is 0.321 e. The van der Waals surface area contributed by atoms with Gasteiger partial charge in [0, 0.05) is 10.9 Å². The molecule has 0 saturated carbocycles. The van der Waals surface area contributed by atoms with Crippen molar-refractivity contribution in [3.8, 4) is 0 Å². The number of urea groups is 1. The van der Waals surface area contributed by atoms with Crippen molar-refractivity contribution in [3.05, 3.63) is 11.1 Å². The molecule has 1 aromatic rings. The molecule has 100 valence electrons. The summed E-state index contributed by atoms with van der Waals surface area (Å²) in [7, 11) is 1.32. The van der Waals surface area contributed by atoms with Gasteiger partial charge in [-0.2, -0.15) is 0 Å². The van der Waals surface area contributed by atoms with E-state index in [0.717, 1.165) is 0 Å². The van der Waals surface area contributed by atoms with Crippen molar-refractivity contribution < 1.29 is 14.3 Å². The lowest BCUT2D eigenvalue weighted by Crippen LogP contribution is -2.43. The van der Waals surface area contributed by atoms with Gasteiger partial charge in [-0.25, -0.2) is 9.78 Å². The van der Waals surface area contributed by atoms with Crippen LogP contribution in [-0.4, -0.2) is 29.6 Å². The van der Waals surface area contributed by atoms with Crippen LogP contribution in [0.5, 0.6) is 0 Å². The smallest absolute Gasteiger partial charge is 0.321 e. The van der Waals surface area contributed by atoms with Crippen molar-refractivity contribution >= 4 is 28.5 Å². The summed E-state index contributed by atoms with van der Waals surface area (Å²) in [6.45, 7) is 5.66. The van der Waals surface area contributed by atoms with Crippen molar-refractivity contribution in [1.29, 1.82) is 0 Å². The molecule has 0 aliphatic heterocycles.